The quantitative estimate of drug-likeness (QED) is 0.710. The zero-order valence-electron chi connectivity index (χ0n) is 14.2. The minimum Gasteiger partial charge on any atom is -0.494 e. The van der Waals surface area contributed by atoms with Crippen molar-refractivity contribution in [3.8, 4) is 11.5 Å². The van der Waals surface area contributed by atoms with E-state index < -0.39 is 0 Å². The van der Waals surface area contributed by atoms with Crippen LogP contribution in [0.4, 0.5) is 0 Å². The van der Waals surface area contributed by atoms with E-state index in [1.165, 1.54) is 0 Å². The summed E-state index contributed by atoms with van der Waals surface area (Å²) in [6.07, 6.45) is 3.52. The number of carbonyl (C=O) groups is 1. The van der Waals surface area contributed by atoms with E-state index in [0.717, 1.165) is 43.9 Å². The van der Waals surface area contributed by atoms with Gasteiger partial charge in [-0.25, -0.2) is 0 Å². The fourth-order valence-corrected chi connectivity index (χ4v) is 2.97. The van der Waals surface area contributed by atoms with E-state index in [-0.39, 0.29) is 5.91 Å². The average Bonchev–Trinajstić information content (AvgIpc) is 3.02. The van der Waals surface area contributed by atoms with E-state index in [4.69, 9.17) is 9.47 Å². The summed E-state index contributed by atoms with van der Waals surface area (Å²) < 4.78 is 11.1. The molecule has 0 radical (unpaired) electrons. The number of nitrogens with one attached hydrogen (secondary N) is 1. The second-order valence-corrected chi connectivity index (χ2v) is 5.80. The molecule has 1 aromatic carbocycles. The summed E-state index contributed by atoms with van der Waals surface area (Å²) in [5.74, 6) is 1.91. The standard InChI is InChI=1S/C18H28N2O3/c1-3-22-16-8-10-17(11-9-16)23-13-5-7-18(21)20-12-4-6-15(20)14-19-2/h8-11,15,19H,3-7,12-14H2,1-2H3. The summed E-state index contributed by atoms with van der Waals surface area (Å²) in [6, 6.07) is 7.96. The van der Waals surface area contributed by atoms with Crippen LogP contribution in [-0.4, -0.2) is 50.2 Å². The number of likely N-dealkylation sites (tertiary alicyclic amines) is 1. The molecule has 23 heavy (non-hydrogen) atoms. The molecule has 1 saturated heterocycles. The van der Waals surface area contributed by atoms with Crippen molar-refractivity contribution in [1.82, 2.24) is 10.2 Å². The number of amides is 1. The van der Waals surface area contributed by atoms with Crippen LogP contribution in [0.25, 0.3) is 0 Å². The molecule has 0 aromatic heterocycles. The van der Waals surface area contributed by atoms with E-state index in [2.05, 4.69) is 5.32 Å². The monoisotopic (exact) mass is 320 g/mol. The molecule has 1 heterocycles. The van der Waals surface area contributed by atoms with Gasteiger partial charge >= 0.3 is 0 Å². The molecule has 0 aliphatic carbocycles. The van der Waals surface area contributed by atoms with Crippen LogP contribution in [0, 0.1) is 0 Å². The van der Waals surface area contributed by atoms with Gasteiger partial charge < -0.3 is 19.7 Å². The van der Waals surface area contributed by atoms with Crippen molar-refractivity contribution < 1.29 is 14.3 Å². The van der Waals surface area contributed by atoms with E-state index >= 15 is 0 Å². The second-order valence-electron chi connectivity index (χ2n) is 5.80. The molecule has 1 amide bonds. The average molecular weight is 320 g/mol. The minimum atomic E-state index is 0.248. The molecule has 1 aliphatic rings. The van der Waals surface area contributed by atoms with Crippen LogP contribution in [0.15, 0.2) is 24.3 Å². The van der Waals surface area contributed by atoms with Crippen LogP contribution >= 0.6 is 0 Å². The number of carbonyl (C=O) groups excluding carboxylic acids is 1. The lowest BCUT2D eigenvalue weighted by Gasteiger charge is -2.24. The van der Waals surface area contributed by atoms with Crippen LogP contribution in [0.2, 0.25) is 0 Å². The first kappa shape index (κ1) is 17.6. The number of nitrogens with zero attached hydrogens (tertiary/aromatic N) is 1. The molecule has 1 N–H and O–H groups in total. The zero-order chi connectivity index (χ0) is 16.5. The fourth-order valence-electron chi connectivity index (χ4n) is 2.97. The molecular formula is C18H28N2O3. The van der Waals surface area contributed by atoms with E-state index in [1.54, 1.807) is 0 Å². The van der Waals surface area contributed by atoms with E-state index in [1.807, 2.05) is 43.1 Å². The predicted octanol–water partition coefficient (Wildman–Crippen LogP) is 2.45. The first-order chi connectivity index (χ1) is 11.2. The third-order valence-electron chi connectivity index (χ3n) is 4.08. The van der Waals surface area contributed by atoms with Gasteiger partial charge in [0.15, 0.2) is 0 Å². The van der Waals surface area contributed by atoms with Gasteiger partial charge in [0.25, 0.3) is 0 Å². The number of likely N-dealkylation sites (N-methyl/N-ethyl adjacent to an activating group) is 1. The number of hydrogen-bond acceptors (Lipinski definition) is 4. The topological polar surface area (TPSA) is 50.8 Å². The molecule has 0 spiro atoms. The fraction of sp³-hybridized carbons (Fsp3) is 0.611. The maximum Gasteiger partial charge on any atom is 0.222 e. The molecule has 1 aliphatic heterocycles. The Hall–Kier alpha value is -1.75. The van der Waals surface area contributed by atoms with Crippen molar-refractivity contribution in [1.29, 1.82) is 0 Å². The Bertz CT molecular complexity index is 476. The Morgan fingerprint density at radius 1 is 1.26 bits per heavy atom. The third kappa shape index (κ3) is 5.43. The summed E-state index contributed by atoms with van der Waals surface area (Å²) in [6.45, 7) is 4.96. The van der Waals surface area contributed by atoms with Gasteiger partial charge in [-0.3, -0.25) is 4.79 Å². The number of rotatable bonds is 9. The van der Waals surface area contributed by atoms with E-state index in [9.17, 15) is 4.79 Å². The van der Waals surface area contributed by atoms with Crippen LogP contribution in [0.3, 0.4) is 0 Å². The maximum absolute atomic E-state index is 12.3. The second kappa shape index (κ2) is 9.40. The molecule has 1 atom stereocenters. The van der Waals surface area contributed by atoms with Crippen LogP contribution in [0.5, 0.6) is 11.5 Å². The molecule has 1 fully saturated rings. The molecular weight excluding hydrogens is 292 g/mol. The van der Waals surface area contributed by atoms with Gasteiger partial charge in [-0.2, -0.15) is 0 Å². The lowest BCUT2D eigenvalue weighted by molar-refractivity contribution is -0.132. The predicted molar refractivity (Wildman–Crippen MR) is 91.0 cm³/mol. The molecule has 0 bridgehead atoms. The smallest absolute Gasteiger partial charge is 0.222 e. The highest BCUT2D eigenvalue weighted by Crippen LogP contribution is 2.19. The van der Waals surface area contributed by atoms with Crippen molar-refractivity contribution in [2.24, 2.45) is 0 Å². The van der Waals surface area contributed by atoms with Gasteiger partial charge in [0, 0.05) is 25.6 Å². The summed E-state index contributed by atoms with van der Waals surface area (Å²) >= 11 is 0. The Labute approximate surface area is 139 Å². The highest BCUT2D eigenvalue weighted by Gasteiger charge is 2.27. The molecule has 5 heteroatoms. The number of ether oxygens (including phenoxy) is 2. The third-order valence-corrected chi connectivity index (χ3v) is 4.08. The minimum absolute atomic E-state index is 0.248. The lowest BCUT2D eigenvalue weighted by atomic mass is 10.2. The molecule has 1 unspecified atom stereocenters. The van der Waals surface area contributed by atoms with Gasteiger partial charge in [0.05, 0.1) is 13.2 Å². The molecule has 0 saturated carbocycles. The largest absolute Gasteiger partial charge is 0.494 e. The van der Waals surface area contributed by atoms with Crippen molar-refractivity contribution >= 4 is 5.91 Å². The first-order valence-electron chi connectivity index (χ1n) is 8.54. The summed E-state index contributed by atoms with van der Waals surface area (Å²) in [7, 11) is 1.94. The van der Waals surface area contributed by atoms with Crippen molar-refractivity contribution in [3.63, 3.8) is 0 Å². The van der Waals surface area contributed by atoms with Gasteiger partial charge in [0.1, 0.15) is 11.5 Å². The first-order valence-corrected chi connectivity index (χ1v) is 8.54. The highest BCUT2D eigenvalue weighted by molar-refractivity contribution is 5.76. The van der Waals surface area contributed by atoms with Crippen LogP contribution in [0.1, 0.15) is 32.6 Å². The van der Waals surface area contributed by atoms with Gasteiger partial charge in [-0.05, 0) is 57.5 Å². The normalized spacial score (nSPS) is 17.3. The van der Waals surface area contributed by atoms with Crippen molar-refractivity contribution in [3.05, 3.63) is 24.3 Å². The highest BCUT2D eigenvalue weighted by atomic mass is 16.5. The van der Waals surface area contributed by atoms with Gasteiger partial charge in [-0.1, -0.05) is 0 Å². The lowest BCUT2D eigenvalue weighted by Crippen LogP contribution is -2.40. The van der Waals surface area contributed by atoms with Crippen LogP contribution in [-0.2, 0) is 4.79 Å². The maximum atomic E-state index is 12.3. The van der Waals surface area contributed by atoms with Gasteiger partial charge in [0.2, 0.25) is 5.91 Å². The Kier molecular flexibility index (Phi) is 7.20. The summed E-state index contributed by atoms with van der Waals surface area (Å²) in [5.41, 5.74) is 0. The van der Waals surface area contributed by atoms with E-state index in [0.29, 0.717) is 25.7 Å². The Morgan fingerprint density at radius 2 is 1.96 bits per heavy atom. The summed E-state index contributed by atoms with van der Waals surface area (Å²) in [5, 5.41) is 3.17. The zero-order valence-corrected chi connectivity index (χ0v) is 14.2. The van der Waals surface area contributed by atoms with Gasteiger partial charge in [-0.15, -0.1) is 0 Å². The molecule has 1 aromatic rings. The summed E-state index contributed by atoms with van der Waals surface area (Å²) in [4.78, 5) is 14.3. The molecule has 5 nitrogen and oxygen atoms in total. The van der Waals surface area contributed by atoms with Crippen molar-refractivity contribution in [2.75, 3.05) is 33.4 Å². The number of benzene rings is 1. The van der Waals surface area contributed by atoms with Crippen molar-refractivity contribution in [2.45, 2.75) is 38.6 Å². The molecule has 128 valence electrons. The Morgan fingerprint density at radius 3 is 2.61 bits per heavy atom. The Balaban J connectivity index is 1.67. The SMILES string of the molecule is CCOc1ccc(OCCCC(=O)N2CCCC2CNC)cc1. The molecule has 2 rings (SSSR count). The van der Waals surface area contributed by atoms with Crippen LogP contribution < -0.4 is 14.8 Å². The number of hydrogen-bond donors (Lipinski definition) is 1.